The molecule has 0 saturated carbocycles. The van der Waals surface area contributed by atoms with E-state index in [1.807, 2.05) is 0 Å². The SMILES string of the molecule is CC1(C)c2c(cccc2N(c2ccc(-c3ccccc3)cc2)c2ccc3ccccc3c2)-c2c1c1ccccc1c1c2oc2ccc(-c3ccccc3)cc21. The first-order chi connectivity index (χ1) is 27.0. The topological polar surface area (TPSA) is 16.4 Å². The summed E-state index contributed by atoms with van der Waals surface area (Å²) in [6.45, 7) is 4.79. The molecule has 0 radical (unpaired) electrons. The van der Waals surface area contributed by atoms with Crippen LogP contribution in [0.3, 0.4) is 0 Å². The largest absolute Gasteiger partial charge is 0.455 e. The van der Waals surface area contributed by atoms with E-state index in [0.29, 0.717) is 0 Å². The van der Waals surface area contributed by atoms with Crippen molar-refractivity contribution >= 4 is 60.5 Å². The Morgan fingerprint density at radius 2 is 1.05 bits per heavy atom. The van der Waals surface area contributed by atoms with E-state index in [2.05, 4.69) is 207 Å². The highest BCUT2D eigenvalue weighted by atomic mass is 16.3. The van der Waals surface area contributed by atoms with Gasteiger partial charge < -0.3 is 9.32 Å². The smallest absolute Gasteiger partial charge is 0.144 e. The highest BCUT2D eigenvalue weighted by Crippen LogP contribution is 2.59. The molecule has 0 fully saturated rings. The summed E-state index contributed by atoms with van der Waals surface area (Å²) in [4.78, 5) is 2.46. The molecule has 0 aliphatic heterocycles. The molecule has 0 atom stereocenters. The average molecular weight is 704 g/mol. The summed E-state index contributed by atoms with van der Waals surface area (Å²) in [5, 5.41) is 7.27. The number of benzene rings is 9. The zero-order valence-corrected chi connectivity index (χ0v) is 30.8. The van der Waals surface area contributed by atoms with Crippen molar-refractivity contribution in [3.63, 3.8) is 0 Å². The number of hydrogen-bond acceptors (Lipinski definition) is 2. The molecule has 0 amide bonds. The van der Waals surface area contributed by atoms with Crippen LogP contribution in [0.2, 0.25) is 0 Å². The molecule has 1 aliphatic rings. The molecule has 11 rings (SSSR count). The predicted octanol–water partition coefficient (Wildman–Crippen LogP) is 15.0. The average Bonchev–Trinajstić information content (AvgIpc) is 3.74. The van der Waals surface area contributed by atoms with Crippen LogP contribution in [-0.4, -0.2) is 0 Å². The molecule has 0 N–H and O–H groups in total. The summed E-state index contributed by atoms with van der Waals surface area (Å²) in [7, 11) is 0. The van der Waals surface area contributed by atoms with Crippen LogP contribution in [-0.2, 0) is 5.41 Å². The van der Waals surface area contributed by atoms with E-state index >= 15 is 0 Å². The summed E-state index contributed by atoms with van der Waals surface area (Å²) in [5.74, 6) is 0. The van der Waals surface area contributed by atoms with Crippen LogP contribution in [0.15, 0.2) is 192 Å². The van der Waals surface area contributed by atoms with Crippen molar-refractivity contribution < 1.29 is 4.42 Å². The molecular weight excluding hydrogens is 667 g/mol. The quantitative estimate of drug-likeness (QED) is 0.177. The maximum Gasteiger partial charge on any atom is 0.144 e. The molecule has 9 aromatic carbocycles. The van der Waals surface area contributed by atoms with Crippen molar-refractivity contribution in [2.45, 2.75) is 19.3 Å². The number of rotatable bonds is 5. The van der Waals surface area contributed by atoms with Crippen molar-refractivity contribution in [2.24, 2.45) is 0 Å². The molecule has 2 nitrogen and oxygen atoms in total. The summed E-state index contributed by atoms with van der Waals surface area (Å²) in [6.07, 6.45) is 0. The maximum atomic E-state index is 7.00. The van der Waals surface area contributed by atoms with Gasteiger partial charge >= 0.3 is 0 Å². The van der Waals surface area contributed by atoms with Gasteiger partial charge in [0.15, 0.2) is 0 Å². The third kappa shape index (κ3) is 4.81. The lowest BCUT2D eigenvalue weighted by atomic mass is 9.78. The third-order valence-electron chi connectivity index (χ3n) is 11.8. The molecular formula is C53H37NO. The molecule has 1 aliphatic carbocycles. The fraction of sp³-hybridized carbons (Fsp3) is 0.0566. The minimum atomic E-state index is -0.345. The van der Waals surface area contributed by atoms with Gasteiger partial charge in [-0.2, -0.15) is 0 Å². The number of fused-ring (bicyclic) bond motifs is 11. The van der Waals surface area contributed by atoms with E-state index in [-0.39, 0.29) is 5.41 Å². The van der Waals surface area contributed by atoms with Crippen LogP contribution in [0.1, 0.15) is 25.0 Å². The van der Waals surface area contributed by atoms with Gasteiger partial charge in [0, 0.05) is 33.1 Å². The van der Waals surface area contributed by atoms with Crippen molar-refractivity contribution in [2.75, 3.05) is 4.90 Å². The lowest BCUT2D eigenvalue weighted by Gasteiger charge is -2.32. The van der Waals surface area contributed by atoms with Gasteiger partial charge in [-0.05, 0) is 103 Å². The Bertz CT molecular complexity index is 3100. The first kappa shape index (κ1) is 31.6. The van der Waals surface area contributed by atoms with Gasteiger partial charge in [0.2, 0.25) is 0 Å². The van der Waals surface area contributed by atoms with Crippen molar-refractivity contribution in [3.8, 4) is 33.4 Å². The maximum absolute atomic E-state index is 7.00. The molecule has 10 aromatic rings. The van der Waals surface area contributed by atoms with E-state index in [9.17, 15) is 0 Å². The summed E-state index contributed by atoms with van der Waals surface area (Å²) in [5.41, 5.74) is 14.8. The molecule has 0 unspecified atom stereocenters. The standard InChI is InChI=1S/C53H37NO/c1-53(2)50-44(49-51(53)43-21-12-11-20-42(43)48-45-33-39(35-16-7-4-8-17-35)27-31-47(45)55-52(48)49)22-13-23-46(50)54(41-30-26-36-18-9-10-19-38(36)32-41)40-28-24-37(25-29-40)34-14-5-3-6-15-34/h3-33H,1-2H3. The first-order valence-electron chi connectivity index (χ1n) is 19.1. The monoisotopic (exact) mass is 703 g/mol. The lowest BCUT2D eigenvalue weighted by molar-refractivity contribution is 0.658. The Hall–Kier alpha value is -6.90. The minimum Gasteiger partial charge on any atom is -0.455 e. The van der Waals surface area contributed by atoms with Crippen molar-refractivity contribution in [3.05, 3.63) is 199 Å². The summed E-state index contributed by atoms with van der Waals surface area (Å²) >= 11 is 0. The molecule has 2 heteroatoms. The second kappa shape index (κ2) is 12.1. The Morgan fingerprint density at radius 1 is 0.436 bits per heavy atom. The molecule has 0 bridgehead atoms. The van der Waals surface area contributed by atoms with Crippen LogP contribution < -0.4 is 4.90 Å². The fourth-order valence-electron chi connectivity index (χ4n) is 9.32. The van der Waals surface area contributed by atoms with Gasteiger partial charge in [0.1, 0.15) is 11.2 Å². The fourth-order valence-corrected chi connectivity index (χ4v) is 9.32. The number of anilines is 3. The Kier molecular flexibility index (Phi) is 6.93. The molecule has 0 spiro atoms. The second-order valence-electron chi connectivity index (χ2n) is 15.3. The molecule has 1 aromatic heterocycles. The van der Waals surface area contributed by atoms with Crippen molar-refractivity contribution in [1.29, 1.82) is 0 Å². The predicted molar refractivity (Wildman–Crippen MR) is 232 cm³/mol. The van der Waals surface area contributed by atoms with Crippen LogP contribution in [0.25, 0.3) is 76.9 Å². The van der Waals surface area contributed by atoms with Gasteiger partial charge in [0.05, 0.1) is 5.69 Å². The molecule has 1 heterocycles. The highest BCUT2D eigenvalue weighted by molar-refractivity contribution is 6.25. The number of furan rings is 1. The Balaban J connectivity index is 1.18. The zero-order chi connectivity index (χ0) is 36.7. The first-order valence-corrected chi connectivity index (χ1v) is 19.1. The van der Waals surface area contributed by atoms with E-state index in [0.717, 1.165) is 27.9 Å². The van der Waals surface area contributed by atoms with Crippen molar-refractivity contribution in [1.82, 2.24) is 0 Å². The van der Waals surface area contributed by atoms with E-state index < -0.39 is 0 Å². The van der Waals surface area contributed by atoms with Gasteiger partial charge in [-0.25, -0.2) is 0 Å². The van der Waals surface area contributed by atoms with Gasteiger partial charge in [-0.1, -0.05) is 159 Å². The molecule has 0 saturated heterocycles. The number of hydrogen-bond donors (Lipinski definition) is 0. The van der Waals surface area contributed by atoms with Crippen LogP contribution >= 0.6 is 0 Å². The normalized spacial score (nSPS) is 13.1. The zero-order valence-electron chi connectivity index (χ0n) is 30.8. The van der Waals surface area contributed by atoms with Crippen LogP contribution in [0, 0.1) is 0 Å². The van der Waals surface area contributed by atoms with Gasteiger partial charge in [0.25, 0.3) is 0 Å². The van der Waals surface area contributed by atoms with Crippen LogP contribution in [0.4, 0.5) is 17.1 Å². The number of nitrogens with zero attached hydrogens (tertiary/aromatic N) is 1. The Labute approximate surface area is 320 Å². The second-order valence-corrected chi connectivity index (χ2v) is 15.3. The Morgan fingerprint density at radius 3 is 1.82 bits per heavy atom. The minimum absolute atomic E-state index is 0.345. The van der Waals surface area contributed by atoms with Gasteiger partial charge in [-0.15, -0.1) is 0 Å². The summed E-state index contributed by atoms with van der Waals surface area (Å²) in [6, 6.07) is 68.1. The summed E-state index contributed by atoms with van der Waals surface area (Å²) < 4.78 is 7.00. The van der Waals surface area contributed by atoms with E-state index in [1.165, 1.54) is 77.1 Å². The lowest BCUT2D eigenvalue weighted by Crippen LogP contribution is -2.21. The molecule has 55 heavy (non-hydrogen) atoms. The highest BCUT2D eigenvalue weighted by Gasteiger charge is 2.42. The third-order valence-corrected chi connectivity index (χ3v) is 11.8. The van der Waals surface area contributed by atoms with Crippen LogP contribution in [0.5, 0.6) is 0 Å². The molecule has 260 valence electrons. The van der Waals surface area contributed by atoms with Gasteiger partial charge in [-0.3, -0.25) is 0 Å². The van der Waals surface area contributed by atoms with E-state index in [4.69, 9.17) is 4.42 Å². The van der Waals surface area contributed by atoms with E-state index in [1.54, 1.807) is 0 Å².